The first-order valence-electron chi connectivity index (χ1n) is 7.76. The fourth-order valence-electron chi connectivity index (χ4n) is 2.58. The fourth-order valence-corrected chi connectivity index (χ4v) is 2.58. The Balaban J connectivity index is 2.01. The Morgan fingerprint density at radius 2 is 2.14 bits per heavy atom. The van der Waals surface area contributed by atoms with E-state index in [0.717, 1.165) is 25.1 Å². The number of aryl methyl sites for hydroxylation is 1. The number of hydrogen-bond donors (Lipinski definition) is 1. The summed E-state index contributed by atoms with van der Waals surface area (Å²) in [5.41, 5.74) is 2.50. The first-order chi connectivity index (χ1) is 10.7. The predicted molar refractivity (Wildman–Crippen MR) is 89.4 cm³/mol. The molecule has 22 heavy (non-hydrogen) atoms. The monoisotopic (exact) mass is 299 g/mol. The van der Waals surface area contributed by atoms with E-state index < -0.39 is 0 Å². The highest BCUT2D eigenvalue weighted by Crippen LogP contribution is 2.13. The van der Waals surface area contributed by atoms with Gasteiger partial charge in [-0.05, 0) is 37.5 Å². The molecule has 0 unspecified atom stereocenters. The minimum atomic E-state index is -0.349. The third kappa shape index (κ3) is 5.51. The molecule has 3 heteroatoms. The lowest BCUT2D eigenvalue weighted by atomic mass is 10.1. The maximum Gasteiger partial charge on any atom is 0.117 e. The standard InChI is InChI=1S/C19H25NO2/c1-3-4-9-18(21)14-20(15-19-10-6-11-22-19)13-17-8-5-7-16(2)12-17/h3,5-8,10-12,18,21H,1,4,9,13-15H2,2H3/t18-/m0/s1. The molecule has 2 rings (SSSR count). The lowest BCUT2D eigenvalue weighted by molar-refractivity contribution is 0.0945. The summed E-state index contributed by atoms with van der Waals surface area (Å²) in [5.74, 6) is 0.920. The lowest BCUT2D eigenvalue weighted by Gasteiger charge is -2.24. The fraction of sp³-hybridized carbons (Fsp3) is 0.368. The summed E-state index contributed by atoms with van der Waals surface area (Å²) in [7, 11) is 0. The molecule has 0 aliphatic carbocycles. The Morgan fingerprint density at radius 3 is 2.82 bits per heavy atom. The molecule has 1 heterocycles. The van der Waals surface area contributed by atoms with Crippen LogP contribution in [0.25, 0.3) is 0 Å². The molecule has 0 spiro atoms. The average Bonchev–Trinajstić information content (AvgIpc) is 2.98. The molecular formula is C19H25NO2. The number of nitrogens with zero attached hydrogens (tertiary/aromatic N) is 1. The van der Waals surface area contributed by atoms with Crippen molar-refractivity contribution in [2.45, 2.75) is 39.0 Å². The van der Waals surface area contributed by atoms with E-state index in [9.17, 15) is 5.11 Å². The van der Waals surface area contributed by atoms with Crippen molar-refractivity contribution in [3.05, 3.63) is 72.2 Å². The van der Waals surface area contributed by atoms with Gasteiger partial charge in [-0.25, -0.2) is 0 Å². The molecule has 1 aromatic heterocycles. The van der Waals surface area contributed by atoms with Crippen molar-refractivity contribution >= 4 is 0 Å². The molecule has 0 aliphatic heterocycles. The Bertz CT molecular complexity index is 563. The highest BCUT2D eigenvalue weighted by molar-refractivity contribution is 5.22. The highest BCUT2D eigenvalue weighted by Gasteiger charge is 2.14. The second-order valence-corrected chi connectivity index (χ2v) is 5.76. The van der Waals surface area contributed by atoms with Crippen LogP contribution in [0, 0.1) is 6.92 Å². The topological polar surface area (TPSA) is 36.6 Å². The van der Waals surface area contributed by atoms with Crippen molar-refractivity contribution < 1.29 is 9.52 Å². The second kappa shape index (κ2) is 8.57. The number of allylic oxidation sites excluding steroid dienone is 1. The molecule has 0 fully saturated rings. The van der Waals surface area contributed by atoms with Gasteiger partial charge in [0, 0.05) is 13.1 Å². The van der Waals surface area contributed by atoms with Gasteiger partial charge in [-0.2, -0.15) is 0 Å². The molecule has 0 aliphatic rings. The normalized spacial score (nSPS) is 12.5. The number of hydrogen-bond acceptors (Lipinski definition) is 3. The Morgan fingerprint density at radius 1 is 1.27 bits per heavy atom. The third-order valence-corrected chi connectivity index (χ3v) is 3.62. The van der Waals surface area contributed by atoms with Gasteiger partial charge in [0.2, 0.25) is 0 Å². The molecule has 1 aromatic carbocycles. The maximum atomic E-state index is 10.2. The van der Waals surface area contributed by atoms with Gasteiger partial charge < -0.3 is 9.52 Å². The van der Waals surface area contributed by atoms with Gasteiger partial charge in [0.05, 0.1) is 18.9 Å². The van der Waals surface area contributed by atoms with E-state index in [0.29, 0.717) is 13.1 Å². The average molecular weight is 299 g/mol. The summed E-state index contributed by atoms with van der Waals surface area (Å²) in [6, 6.07) is 12.3. The molecule has 118 valence electrons. The van der Waals surface area contributed by atoms with Gasteiger partial charge in [-0.15, -0.1) is 6.58 Å². The quantitative estimate of drug-likeness (QED) is 0.713. The van der Waals surface area contributed by atoms with Gasteiger partial charge in [0.15, 0.2) is 0 Å². The lowest BCUT2D eigenvalue weighted by Crippen LogP contribution is -2.31. The van der Waals surface area contributed by atoms with E-state index in [-0.39, 0.29) is 6.10 Å². The Hall–Kier alpha value is -1.84. The summed E-state index contributed by atoms with van der Waals surface area (Å²) >= 11 is 0. The summed E-state index contributed by atoms with van der Waals surface area (Å²) in [6.07, 6.45) is 4.76. The van der Waals surface area contributed by atoms with Crippen molar-refractivity contribution in [3.8, 4) is 0 Å². The molecule has 2 aromatic rings. The van der Waals surface area contributed by atoms with Crippen LogP contribution in [0.4, 0.5) is 0 Å². The van der Waals surface area contributed by atoms with Gasteiger partial charge in [0.25, 0.3) is 0 Å². The van der Waals surface area contributed by atoms with Gasteiger partial charge in [-0.3, -0.25) is 4.90 Å². The highest BCUT2D eigenvalue weighted by atomic mass is 16.3. The van der Waals surface area contributed by atoms with E-state index in [1.807, 2.05) is 18.2 Å². The zero-order valence-electron chi connectivity index (χ0n) is 13.2. The SMILES string of the molecule is C=CCC[C@H](O)CN(Cc1cccc(C)c1)Cc1ccco1. The number of aliphatic hydroxyl groups excluding tert-OH is 1. The predicted octanol–water partition coefficient (Wildman–Crippen LogP) is 3.92. The largest absolute Gasteiger partial charge is 0.468 e. The first-order valence-corrected chi connectivity index (χ1v) is 7.76. The van der Waals surface area contributed by atoms with Gasteiger partial charge >= 0.3 is 0 Å². The van der Waals surface area contributed by atoms with Gasteiger partial charge in [-0.1, -0.05) is 35.9 Å². The van der Waals surface area contributed by atoms with Crippen molar-refractivity contribution in [3.63, 3.8) is 0 Å². The Kier molecular flexibility index (Phi) is 6.44. The molecule has 3 nitrogen and oxygen atoms in total. The molecule has 0 radical (unpaired) electrons. The van der Waals surface area contributed by atoms with E-state index in [1.54, 1.807) is 6.26 Å². The Labute approximate surface area is 132 Å². The molecule has 1 atom stereocenters. The van der Waals surface area contributed by atoms with E-state index in [1.165, 1.54) is 11.1 Å². The van der Waals surface area contributed by atoms with Crippen LogP contribution in [0.1, 0.15) is 29.7 Å². The summed E-state index contributed by atoms with van der Waals surface area (Å²) < 4.78 is 5.45. The van der Waals surface area contributed by atoms with Crippen molar-refractivity contribution in [2.75, 3.05) is 6.54 Å². The van der Waals surface area contributed by atoms with E-state index in [4.69, 9.17) is 4.42 Å². The summed E-state index contributed by atoms with van der Waals surface area (Å²) in [4.78, 5) is 2.22. The van der Waals surface area contributed by atoms with Crippen LogP contribution >= 0.6 is 0 Å². The molecule has 0 amide bonds. The van der Waals surface area contributed by atoms with Crippen LogP contribution in [-0.2, 0) is 13.1 Å². The van der Waals surface area contributed by atoms with Crippen molar-refractivity contribution in [2.24, 2.45) is 0 Å². The molecule has 0 saturated heterocycles. The van der Waals surface area contributed by atoms with Crippen molar-refractivity contribution in [1.82, 2.24) is 4.90 Å². The second-order valence-electron chi connectivity index (χ2n) is 5.76. The molecule has 1 N–H and O–H groups in total. The minimum Gasteiger partial charge on any atom is -0.468 e. The zero-order valence-corrected chi connectivity index (χ0v) is 13.2. The van der Waals surface area contributed by atoms with E-state index >= 15 is 0 Å². The third-order valence-electron chi connectivity index (χ3n) is 3.62. The summed E-state index contributed by atoms with van der Waals surface area (Å²) in [5, 5.41) is 10.2. The first kappa shape index (κ1) is 16.5. The number of furan rings is 1. The van der Waals surface area contributed by atoms with Crippen LogP contribution in [-0.4, -0.2) is 22.7 Å². The smallest absolute Gasteiger partial charge is 0.117 e. The van der Waals surface area contributed by atoms with Crippen LogP contribution in [0.3, 0.4) is 0 Å². The zero-order chi connectivity index (χ0) is 15.8. The number of benzene rings is 1. The van der Waals surface area contributed by atoms with Crippen LogP contribution in [0.15, 0.2) is 59.7 Å². The number of rotatable bonds is 9. The molecular weight excluding hydrogens is 274 g/mol. The van der Waals surface area contributed by atoms with Crippen LogP contribution < -0.4 is 0 Å². The van der Waals surface area contributed by atoms with E-state index in [2.05, 4.69) is 42.7 Å². The molecule has 0 bridgehead atoms. The van der Waals surface area contributed by atoms with Crippen molar-refractivity contribution in [1.29, 1.82) is 0 Å². The molecule has 0 saturated carbocycles. The minimum absolute atomic E-state index is 0.349. The maximum absolute atomic E-state index is 10.2. The van der Waals surface area contributed by atoms with Crippen LogP contribution in [0.5, 0.6) is 0 Å². The number of aliphatic hydroxyl groups is 1. The summed E-state index contributed by atoms with van der Waals surface area (Å²) in [6.45, 7) is 7.93. The van der Waals surface area contributed by atoms with Crippen LogP contribution in [0.2, 0.25) is 0 Å². The van der Waals surface area contributed by atoms with Gasteiger partial charge in [0.1, 0.15) is 5.76 Å².